The van der Waals surface area contributed by atoms with Crippen LogP contribution in [0.3, 0.4) is 0 Å². The van der Waals surface area contributed by atoms with Gasteiger partial charge in [0.05, 0.1) is 22.3 Å². The third-order valence-corrected chi connectivity index (χ3v) is 6.95. The first kappa shape index (κ1) is 17.0. The lowest BCUT2D eigenvalue weighted by atomic mass is 9.69. The Morgan fingerprint density at radius 1 is 1.09 bits per heavy atom. The van der Waals surface area contributed by atoms with Crippen molar-refractivity contribution >= 4 is 20.0 Å². The molecule has 0 aromatic rings. The summed E-state index contributed by atoms with van der Waals surface area (Å²) in [5, 5.41) is 1.50. The van der Waals surface area contributed by atoms with E-state index in [-0.39, 0.29) is 0 Å². The van der Waals surface area contributed by atoms with Gasteiger partial charge >= 0.3 is 11.9 Å². The first-order chi connectivity index (χ1) is 10.3. The molecular weight excluding hydrogens is 296 g/mol. The van der Waals surface area contributed by atoms with Crippen LogP contribution in [-0.2, 0) is 19.1 Å². The zero-order valence-electron chi connectivity index (χ0n) is 14.2. The summed E-state index contributed by atoms with van der Waals surface area (Å²) in [6.07, 6.45) is 5.98. The lowest BCUT2D eigenvalue weighted by Gasteiger charge is -2.39. The second kappa shape index (κ2) is 6.03. The molecule has 0 radical (unpaired) electrons. The molecule has 0 bridgehead atoms. The number of allylic oxidation sites excluding steroid dienone is 4. The van der Waals surface area contributed by atoms with E-state index in [1.807, 2.05) is 0 Å². The van der Waals surface area contributed by atoms with E-state index >= 15 is 0 Å². The van der Waals surface area contributed by atoms with Gasteiger partial charge in [0, 0.05) is 0 Å². The lowest BCUT2D eigenvalue weighted by Crippen LogP contribution is -2.44. The Balaban J connectivity index is 2.42. The molecule has 0 unspecified atom stereocenters. The van der Waals surface area contributed by atoms with E-state index < -0.39 is 25.4 Å². The molecule has 0 N–H and O–H groups in total. The molecule has 0 aliphatic heterocycles. The van der Waals surface area contributed by atoms with E-state index in [4.69, 9.17) is 9.47 Å². The van der Waals surface area contributed by atoms with Crippen molar-refractivity contribution in [2.24, 2.45) is 5.41 Å². The van der Waals surface area contributed by atoms with Crippen LogP contribution in [0.25, 0.3) is 0 Å². The summed E-state index contributed by atoms with van der Waals surface area (Å²) in [6, 6.07) is 0. The van der Waals surface area contributed by atoms with Crippen LogP contribution in [0.4, 0.5) is 0 Å². The highest BCUT2D eigenvalue weighted by atomic mass is 28.3. The number of carbonyl (C=O) groups excluding carboxylic acids is 2. The molecule has 0 amide bonds. The maximum atomic E-state index is 12.3. The van der Waals surface area contributed by atoms with Crippen molar-refractivity contribution in [2.45, 2.75) is 51.7 Å². The zero-order chi connectivity index (χ0) is 16.5. The normalized spacial score (nSPS) is 20.9. The van der Waals surface area contributed by atoms with Crippen molar-refractivity contribution in [2.75, 3.05) is 14.2 Å². The quantitative estimate of drug-likeness (QED) is 0.454. The van der Waals surface area contributed by atoms with Crippen LogP contribution >= 0.6 is 0 Å². The minimum atomic E-state index is -1.41. The van der Waals surface area contributed by atoms with Gasteiger partial charge in [0.15, 0.2) is 5.41 Å². The highest BCUT2D eigenvalue weighted by Gasteiger charge is 2.51. The Morgan fingerprint density at radius 3 is 2.18 bits per heavy atom. The SMILES string of the molecule is COC(=O)C1(C(=O)OC)CCC2=C(CCC=C2[Si](C)(C)C)C1. The molecule has 0 atom stereocenters. The standard InChI is InChI=1S/C17H26O4Si/c1-20-15(18)17(16(19)21-2)10-9-13-12(11-17)7-6-8-14(13)22(3,4)5/h8H,6-7,9-11H2,1-5H3. The summed E-state index contributed by atoms with van der Waals surface area (Å²) in [7, 11) is 1.27. The molecular formula is C17H26O4Si. The number of ether oxygens (including phenoxy) is 2. The van der Waals surface area contributed by atoms with Crippen LogP contribution in [-0.4, -0.2) is 34.2 Å². The van der Waals surface area contributed by atoms with Gasteiger partial charge in [-0.2, -0.15) is 0 Å². The molecule has 122 valence electrons. The van der Waals surface area contributed by atoms with Crippen molar-refractivity contribution in [3.05, 3.63) is 22.4 Å². The topological polar surface area (TPSA) is 52.6 Å². The van der Waals surface area contributed by atoms with Gasteiger partial charge in [0.25, 0.3) is 0 Å². The van der Waals surface area contributed by atoms with E-state index in [9.17, 15) is 9.59 Å². The Hall–Kier alpha value is -1.36. The van der Waals surface area contributed by atoms with Crippen molar-refractivity contribution in [1.29, 1.82) is 0 Å². The van der Waals surface area contributed by atoms with Gasteiger partial charge in [-0.25, -0.2) is 0 Å². The van der Waals surface area contributed by atoms with Crippen LogP contribution in [0.5, 0.6) is 0 Å². The number of carbonyl (C=O) groups is 2. The molecule has 0 aromatic heterocycles. The fourth-order valence-electron chi connectivity index (χ4n) is 3.73. The van der Waals surface area contributed by atoms with Crippen molar-refractivity contribution < 1.29 is 19.1 Å². The molecule has 0 fully saturated rings. The van der Waals surface area contributed by atoms with E-state index in [0.29, 0.717) is 12.8 Å². The van der Waals surface area contributed by atoms with Crippen LogP contribution in [0.15, 0.2) is 22.4 Å². The molecule has 5 heteroatoms. The summed E-state index contributed by atoms with van der Waals surface area (Å²) < 4.78 is 9.84. The largest absolute Gasteiger partial charge is 0.468 e. The van der Waals surface area contributed by atoms with Crippen molar-refractivity contribution in [1.82, 2.24) is 0 Å². The number of esters is 2. The molecule has 2 aliphatic carbocycles. The van der Waals surface area contributed by atoms with Gasteiger partial charge in [-0.05, 0) is 37.7 Å². The second-order valence-corrected chi connectivity index (χ2v) is 12.3. The predicted molar refractivity (Wildman–Crippen MR) is 88.0 cm³/mol. The van der Waals surface area contributed by atoms with Crippen LogP contribution < -0.4 is 0 Å². The number of rotatable bonds is 3. The lowest BCUT2D eigenvalue weighted by molar-refractivity contribution is -0.170. The Kier molecular flexibility index (Phi) is 4.66. The van der Waals surface area contributed by atoms with Gasteiger partial charge in [0.1, 0.15) is 0 Å². The summed E-state index contributed by atoms with van der Waals surface area (Å²) in [5.74, 6) is -0.926. The van der Waals surface area contributed by atoms with E-state index in [1.165, 1.54) is 30.6 Å². The van der Waals surface area contributed by atoms with E-state index in [2.05, 4.69) is 25.7 Å². The minimum absolute atomic E-state index is 0.448. The van der Waals surface area contributed by atoms with Gasteiger partial charge < -0.3 is 9.47 Å². The third-order valence-electron chi connectivity index (χ3n) is 4.82. The van der Waals surface area contributed by atoms with Crippen molar-refractivity contribution in [3.63, 3.8) is 0 Å². The number of methoxy groups -OCH3 is 2. The number of hydrogen-bond donors (Lipinski definition) is 0. The van der Waals surface area contributed by atoms with Gasteiger partial charge in [-0.3, -0.25) is 9.59 Å². The smallest absolute Gasteiger partial charge is 0.323 e. The number of hydrogen-bond acceptors (Lipinski definition) is 4. The highest BCUT2D eigenvalue weighted by Crippen LogP contribution is 2.47. The molecule has 0 saturated carbocycles. The first-order valence-corrected chi connectivity index (χ1v) is 11.3. The fourth-order valence-corrected chi connectivity index (χ4v) is 5.70. The molecule has 2 rings (SSSR count). The predicted octanol–water partition coefficient (Wildman–Crippen LogP) is 3.40. The minimum Gasteiger partial charge on any atom is -0.468 e. The Bertz CT molecular complexity index is 535. The molecule has 0 spiro atoms. The first-order valence-electron chi connectivity index (χ1n) is 7.85. The van der Waals surface area contributed by atoms with Crippen LogP contribution in [0, 0.1) is 5.41 Å². The average molecular weight is 322 g/mol. The molecule has 4 nitrogen and oxygen atoms in total. The molecule has 2 aliphatic rings. The fraction of sp³-hybridized carbons (Fsp3) is 0.647. The van der Waals surface area contributed by atoms with E-state index in [1.54, 1.807) is 0 Å². The van der Waals surface area contributed by atoms with Gasteiger partial charge in [-0.15, -0.1) is 0 Å². The molecule has 22 heavy (non-hydrogen) atoms. The Labute approximate surface area is 133 Å². The maximum absolute atomic E-state index is 12.3. The maximum Gasteiger partial charge on any atom is 0.323 e. The van der Waals surface area contributed by atoms with Crippen LogP contribution in [0.1, 0.15) is 32.1 Å². The van der Waals surface area contributed by atoms with Crippen molar-refractivity contribution in [3.8, 4) is 0 Å². The monoisotopic (exact) mass is 322 g/mol. The summed E-state index contributed by atoms with van der Waals surface area (Å²) in [6.45, 7) is 7.03. The highest BCUT2D eigenvalue weighted by molar-refractivity contribution is 6.84. The molecule has 0 aromatic carbocycles. The zero-order valence-corrected chi connectivity index (χ0v) is 15.2. The Morgan fingerprint density at radius 2 is 1.68 bits per heavy atom. The summed E-state index contributed by atoms with van der Waals surface area (Å²) >= 11 is 0. The third kappa shape index (κ3) is 2.78. The molecule has 0 heterocycles. The molecule has 0 saturated heterocycles. The second-order valence-electron chi connectivity index (χ2n) is 7.23. The van der Waals surface area contributed by atoms with Gasteiger partial charge in [-0.1, -0.05) is 36.5 Å². The van der Waals surface area contributed by atoms with Gasteiger partial charge in [0.2, 0.25) is 0 Å². The average Bonchev–Trinajstić information content (AvgIpc) is 2.50. The summed E-state index contributed by atoms with van der Waals surface area (Å²) in [5.41, 5.74) is 1.50. The van der Waals surface area contributed by atoms with E-state index in [0.717, 1.165) is 19.3 Å². The van der Waals surface area contributed by atoms with Crippen LogP contribution in [0.2, 0.25) is 19.6 Å². The summed E-state index contributed by atoms with van der Waals surface area (Å²) in [4.78, 5) is 24.6.